The lowest BCUT2D eigenvalue weighted by molar-refractivity contribution is -0.120. The molecule has 6 nitrogen and oxygen atoms in total. The summed E-state index contributed by atoms with van der Waals surface area (Å²) < 4.78 is 15.3. The maximum atomic E-state index is 11.6. The Labute approximate surface area is 112 Å². The Morgan fingerprint density at radius 3 is 2.58 bits per heavy atom. The van der Waals surface area contributed by atoms with Gasteiger partial charge in [0, 0.05) is 19.2 Å². The fourth-order valence-corrected chi connectivity index (χ4v) is 1.73. The highest BCUT2D eigenvalue weighted by atomic mass is 16.5. The molecule has 0 bridgehead atoms. The van der Waals surface area contributed by atoms with Crippen LogP contribution in [0.15, 0.2) is 18.2 Å². The van der Waals surface area contributed by atoms with Gasteiger partial charge in [-0.05, 0) is 18.2 Å². The lowest BCUT2D eigenvalue weighted by Crippen LogP contribution is -2.35. The number of methoxy groups -OCH3 is 3. The van der Waals surface area contributed by atoms with Crippen LogP contribution < -0.4 is 20.5 Å². The number of carbonyl (C=O) groups excluding carboxylic acids is 1. The first-order valence-electron chi connectivity index (χ1n) is 5.87. The van der Waals surface area contributed by atoms with E-state index in [1.54, 1.807) is 39.5 Å². The van der Waals surface area contributed by atoms with Crippen molar-refractivity contribution in [2.45, 2.75) is 6.04 Å². The highest BCUT2D eigenvalue weighted by Crippen LogP contribution is 2.29. The van der Waals surface area contributed by atoms with E-state index < -0.39 is 11.9 Å². The molecule has 0 aliphatic rings. The van der Waals surface area contributed by atoms with Gasteiger partial charge < -0.3 is 19.9 Å². The van der Waals surface area contributed by atoms with E-state index in [-0.39, 0.29) is 0 Å². The maximum Gasteiger partial charge on any atom is 0.239 e. The van der Waals surface area contributed by atoms with Crippen LogP contribution in [0.5, 0.6) is 11.5 Å². The summed E-state index contributed by atoms with van der Waals surface area (Å²) in [5.74, 6) is 0.729. The molecule has 0 spiro atoms. The number of rotatable bonds is 8. The third-order valence-electron chi connectivity index (χ3n) is 2.69. The van der Waals surface area contributed by atoms with E-state index in [0.29, 0.717) is 30.2 Å². The summed E-state index contributed by atoms with van der Waals surface area (Å²) in [4.78, 5) is 11.6. The Kier molecular flexibility index (Phi) is 6.11. The Morgan fingerprint density at radius 1 is 1.32 bits per heavy atom. The van der Waals surface area contributed by atoms with Gasteiger partial charge in [-0.3, -0.25) is 10.1 Å². The van der Waals surface area contributed by atoms with Crippen molar-refractivity contribution >= 4 is 5.91 Å². The minimum Gasteiger partial charge on any atom is -0.497 e. The van der Waals surface area contributed by atoms with Gasteiger partial charge in [0.05, 0.1) is 20.8 Å². The number of hydrogen-bond acceptors (Lipinski definition) is 5. The molecule has 106 valence electrons. The number of primary amides is 1. The molecule has 1 amide bonds. The number of hydrogen-bond donors (Lipinski definition) is 2. The standard InChI is InChI=1S/C13H20N2O4/c1-17-7-6-15-12(13(14)16)10-8-9(18-2)4-5-11(10)19-3/h4-5,8,12,15H,6-7H2,1-3H3,(H2,14,16). The van der Waals surface area contributed by atoms with Crippen LogP contribution in [-0.2, 0) is 9.53 Å². The Morgan fingerprint density at radius 2 is 2.05 bits per heavy atom. The second-order valence-corrected chi connectivity index (χ2v) is 3.89. The number of nitrogens with one attached hydrogen (secondary N) is 1. The highest BCUT2D eigenvalue weighted by Gasteiger charge is 2.21. The van der Waals surface area contributed by atoms with Crippen LogP contribution in [0.25, 0.3) is 0 Å². The molecule has 3 N–H and O–H groups in total. The van der Waals surface area contributed by atoms with E-state index in [4.69, 9.17) is 19.9 Å². The molecule has 0 aromatic heterocycles. The largest absolute Gasteiger partial charge is 0.497 e. The van der Waals surface area contributed by atoms with Crippen molar-refractivity contribution in [1.82, 2.24) is 5.32 Å². The van der Waals surface area contributed by atoms with Gasteiger partial charge in [-0.2, -0.15) is 0 Å². The summed E-state index contributed by atoms with van der Waals surface area (Å²) in [6.45, 7) is 0.987. The average molecular weight is 268 g/mol. The minimum atomic E-state index is -0.653. The predicted molar refractivity (Wildman–Crippen MR) is 71.4 cm³/mol. The van der Waals surface area contributed by atoms with Crippen LogP contribution in [0.2, 0.25) is 0 Å². The molecule has 0 fully saturated rings. The first-order chi connectivity index (χ1) is 9.13. The van der Waals surface area contributed by atoms with Crippen LogP contribution in [-0.4, -0.2) is 40.4 Å². The summed E-state index contributed by atoms with van der Waals surface area (Å²) in [6.07, 6.45) is 0. The van der Waals surface area contributed by atoms with Crippen LogP contribution in [0.4, 0.5) is 0 Å². The predicted octanol–water partition coefficient (Wildman–Crippen LogP) is 0.466. The molecule has 0 saturated heterocycles. The Balaban J connectivity index is 3.02. The fourth-order valence-electron chi connectivity index (χ4n) is 1.73. The van der Waals surface area contributed by atoms with Crippen molar-refractivity contribution in [1.29, 1.82) is 0 Å². The zero-order valence-corrected chi connectivity index (χ0v) is 11.4. The topological polar surface area (TPSA) is 82.8 Å². The van der Waals surface area contributed by atoms with E-state index in [1.165, 1.54) is 0 Å². The molecule has 19 heavy (non-hydrogen) atoms. The quantitative estimate of drug-likeness (QED) is 0.670. The summed E-state index contributed by atoms with van der Waals surface area (Å²) in [6, 6.07) is 4.58. The van der Waals surface area contributed by atoms with Crippen molar-refractivity contribution < 1.29 is 19.0 Å². The van der Waals surface area contributed by atoms with Gasteiger partial charge in [-0.1, -0.05) is 0 Å². The molecule has 0 heterocycles. The average Bonchev–Trinajstić information content (AvgIpc) is 2.42. The first-order valence-corrected chi connectivity index (χ1v) is 5.87. The van der Waals surface area contributed by atoms with E-state index in [2.05, 4.69) is 5.32 Å². The summed E-state index contributed by atoms with van der Waals surface area (Å²) >= 11 is 0. The molecule has 0 radical (unpaired) electrons. The summed E-state index contributed by atoms with van der Waals surface area (Å²) in [7, 11) is 4.69. The molecule has 0 aliphatic carbocycles. The fraction of sp³-hybridized carbons (Fsp3) is 0.462. The zero-order valence-electron chi connectivity index (χ0n) is 11.4. The highest BCUT2D eigenvalue weighted by molar-refractivity contribution is 5.82. The van der Waals surface area contributed by atoms with E-state index in [1.807, 2.05) is 0 Å². The van der Waals surface area contributed by atoms with Crippen LogP contribution in [0, 0.1) is 0 Å². The second kappa shape index (κ2) is 7.60. The SMILES string of the molecule is COCCNC(C(N)=O)c1cc(OC)ccc1OC. The number of benzene rings is 1. The third kappa shape index (κ3) is 4.11. The maximum absolute atomic E-state index is 11.6. The normalized spacial score (nSPS) is 11.9. The second-order valence-electron chi connectivity index (χ2n) is 3.89. The molecule has 1 aromatic carbocycles. The van der Waals surface area contributed by atoms with E-state index >= 15 is 0 Å². The van der Waals surface area contributed by atoms with E-state index in [9.17, 15) is 4.79 Å². The minimum absolute atomic E-state index is 0.482. The Bertz CT molecular complexity index is 423. The van der Waals surface area contributed by atoms with Crippen molar-refractivity contribution in [2.75, 3.05) is 34.5 Å². The van der Waals surface area contributed by atoms with Crippen molar-refractivity contribution in [3.05, 3.63) is 23.8 Å². The van der Waals surface area contributed by atoms with Gasteiger partial charge in [-0.15, -0.1) is 0 Å². The van der Waals surface area contributed by atoms with Crippen LogP contribution in [0.3, 0.4) is 0 Å². The van der Waals surface area contributed by atoms with Gasteiger partial charge >= 0.3 is 0 Å². The lowest BCUT2D eigenvalue weighted by atomic mass is 10.0. The molecule has 0 aliphatic heterocycles. The number of amides is 1. The first kappa shape index (κ1) is 15.3. The zero-order chi connectivity index (χ0) is 14.3. The summed E-state index contributed by atoms with van der Waals surface area (Å²) in [5.41, 5.74) is 6.07. The number of nitrogens with two attached hydrogens (primary N) is 1. The van der Waals surface area contributed by atoms with Crippen LogP contribution in [0.1, 0.15) is 11.6 Å². The lowest BCUT2D eigenvalue weighted by Gasteiger charge is -2.19. The molecule has 0 saturated carbocycles. The van der Waals surface area contributed by atoms with Gasteiger partial charge in [0.1, 0.15) is 17.5 Å². The molecular formula is C13H20N2O4. The molecule has 6 heteroatoms. The van der Waals surface area contributed by atoms with Crippen molar-refractivity contribution in [3.8, 4) is 11.5 Å². The Hall–Kier alpha value is -1.79. The van der Waals surface area contributed by atoms with Crippen molar-refractivity contribution in [2.24, 2.45) is 5.73 Å². The van der Waals surface area contributed by atoms with Gasteiger partial charge in [0.15, 0.2) is 0 Å². The van der Waals surface area contributed by atoms with Crippen LogP contribution >= 0.6 is 0 Å². The van der Waals surface area contributed by atoms with E-state index in [0.717, 1.165) is 0 Å². The third-order valence-corrected chi connectivity index (χ3v) is 2.69. The molecule has 1 atom stereocenters. The summed E-state index contributed by atoms with van der Waals surface area (Å²) in [5, 5.41) is 3.03. The smallest absolute Gasteiger partial charge is 0.239 e. The van der Waals surface area contributed by atoms with Gasteiger partial charge in [0.25, 0.3) is 0 Å². The van der Waals surface area contributed by atoms with Crippen molar-refractivity contribution in [3.63, 3.8) is 0 Å². The molecule has 1 rings (SSSR count). The monoisotopic (exact) mass is 268 g/mol. The molecule has 1 unspecified atom stereocenters. The van der Waals surface area contributed by atoms with Gasteiger partial charge in [-0.25, -0.2) is 0 Å². The molecule has 1 aromatic rings. The number of ether oxygens (including phenoxy) is 3. The van der Waals surface area contributed by atoms with Gasteiger partial charge in [0.2, 0.25) is 5.91 Å². The number of carbonyl (C=O) groups is 1. The molecular weight excluding hydrogens is 248 g/mol.